The lowest BCUT2D eigenvalue weighted by molar-refractivity contribution is -0.0628. The van der Waals surface area contributed by atoms with Crippen molar-refractivity contribution in [2.24, 2.45) is 52.8 Å². The molecule has 0 amide bonds. The first-order chi connectivity index (χ1) is 22.9. The number of hydrogen-bond acceptors (Lipinski definition) is 10. The molecule has 14 heteroatoms. The summed E-state index contributed by atoms with van der Waals surface area (Å²) >= 11 is 1.51. The zero-order valence-electron chi connectivity index (χ0n) is 31.6. The monoisotopic (exact) mass is 722 g/mol. The molecule has 0 saturated carbocycles. The van der Waals surface area contributed by atoms with Crippen molar-refractivity contribution in [3.05, 3.63) is 10.4 Å². The molecule has 0 aromatic carbocycles. The Labute approximate surface area is 299 Å². The van der Waals surface area contributed by atoms with Gasteiger partial charge in [0.05, 0.1) is 0 Å². The molecule has 0 bridgehead atoms. The predicted molar refractivity (Wildman–Crippen MR) is 200 cm³/mol. The van der Waals surface area contributed by atoms with Crippen LogP contribution in [0.25, 0.3) is 11.2 Å². The number of anilines is 1. The van der Waals surface area contributed by atoms with Crippen LogP contribution in [0.2, 0.25) is 0 Å². The SMILES string of the molecule is [B][P+]1(O)OC[C@H]2O[C@@H](n3c(SCCCC(C)(C(C)C(C)C(C)C(C)CC)C(C)C(C)C(C)C(C)CC)nc4c(=O)[nH]c(N)nc43)C(O)[C@H]2O1. The van der Waals surface area contributed by atoms with Crippen LogP contribution >= 0.6 is 19.6 Å². The lowest BCUT2D eigenvalue weighted by Gasteiger charge is -2.49. The van der Waals surface area contributed by atoms with Gasteiger partial charge in [0.2, 0.25) is 5.95 Å². The van der Waals surface area contributed by atoms with E-state index in [2.05, 4.69) is 91.1 Å². The normalized spacial score (nSPS) is 30.6. The van der Waals surface area contributed by atoms with E-state index in [1.54, 1.807) is 4.57 Å². The number of H-pyrrole nitrogens is 1. The summed E-state index contributed by atoms with van der Waals surface area (Å²) in [4.78, 5) is 34.8. The molecule has 0 aliphatic carbocycles. The van der Waals surface area contributed by atoms with Crippen molar-refractivity contribution in [2.75, 3.05) is 18.1 Å². The number of aromatic nitrogens is 4. The number of aliphatic hydroxyl groups excluding tert-OH is 1. The maximum Gasteiger partial charge on any atom is 0.488 e. The van der Waals surface area contributed by atoms with E-state index in [-0.39, 0.29) is 29.1 Å². The summed E-state index contributed by atoms with van der Waals surface area (Å²) < 4.78 is 18.6. The van der Waals surface area contributed by atoms with Crippen molar-refractivity contribution in [3.63, 3.8) is 0 Å². The molecule has 10 unspecified atom stereocenters. The Bertz CT molecular complexity index is 1430. The van der Waals surface area contributed by atoms with Crippen molar-refractivity contribution in [1.82, 2.24) is 19.5 Å². The van der Waals surface area contributed by atoms with Crippen LogP contribution in [0, 0.1) is 52.8 Å². The van der Waals surface area contributed by atoms with Crippen molar-refractivity contribution in [2.45, 2.75) is 132 Å². The van der Waals surface area contributed by atoms with Crippen LogP contribution in [0.5, 0.6) is 0 Å². The first-order valence-electron chi connectivity index (χ1n) is 18.4. The molecule has 49 heavy (non-hydrogen) atoms. The van der Waals surface area contributed by atoms with Gasteiger partial charge in [-0.25, -0.2) is 9.88 Å². The Kier molecular flexibility index (Phi) is 13.4. The van der Waals surface area contributed by atoms with Crippen molar-refractivity contribution in [1.29, 1.82) is 0 Å². The fraction of sp³-hybridized carbons (Fsp3) is 0.857. The average Bonchev–Trinajstić information content (AvgIpc) is 3.58. The number of aromatic amines is 1. The number of thioether (sulfide) groups is 1. The van der Waals surface area contributed by atoms with Gasteiger partial charge in [-0.3, -0.25) is 14.3 Å². The van der Waals surface area contributed by atoms with Gasteiger partial charge in [-0.2, -0.15) is 14.0 Å². The Balaban J connectivity index is 1.61. The Morgan fingerprint density at radius 1 is 1.04 bits per heavy atom. The largest absolute Gasteiger partial charge is 0.488 e. The third-order valence-electron chi connectivity index (χ3n) is 13.3. The first-order valence-corrected chi connectivity index (χ1v) is 21.0. The zero-order chi connectivity index (χ0) is 36.6. The summed E-state index contributed by atoms with van der Waals surface area (Å²) in [5, 5.41) is 11.8. The highest BCUT2D eigenvalue weighted by molar-refractivity contribution is 7.99. The number of nitrogens with two attached hydrogens (primary N) is 1. The molecular weight excluding hydrogens is 660 g/mol. The molecule has 13 atom stereocenters. The summed E-state index contributed by atoms with van der Waals surface area (Å²) in [6, 6.07) is 0. The molecule has 5 N–H and O–H groups in total. The molecule has 2 radical (unpaired) electrons. The number of hydrogen-bond donors (Lipinski definition) is 4. The average molecular weight is 723 g/mol. The highest BCUT2D eigenvalue weighted by Crippen LogP contribution is 2.59. The highest BCUT2D eigenvalue weighted by Gasteiger charge is 2.57. The topological polar surface area (TPSA) is 158 Å². The van der Waals surface area contributed by atoms with Crippen LogP contribution in [-0.2, 0) is 13.8 Å². The van der Waals surface area contributed by atoms with E-state index in [1.807, 2.05) is 0 Å². The van der Waals surface area contributed by atoms with E-state index in [4.69, 9.17) is 27.1 Å². The predicted octanol–water partition coefficient (Wildman–Crippen LogP) is 7.00. The number of nitrogens with zero attached hydrogens (tertiary/aromatic N) is 3. The standard InChI is InChI=1S/C35H62BN5O6PS/c1-12-18(3)20(5)22(7)24(9)35(11,25(10)23(8)21(6)19(4)13-2)15-14-16-49-34-38-27-30(39-33(37)40-31(27)43)41(34)32-28(42)29-26(46-32)17-45-48(36,44)47-29/h18-26,28-29,32,42,44H,12-17H2,1-11H3,(H3,37,39,40,43)/q+1/t18?,19?,20?,21?,22?,23?,24?,25?,26-,28?,29+,32-,35?,48?/m1/s1. The highest BCUT2D eigenvalue weighted by atomic mass is 32.2. The number of nitrogen functional groups attached to an aromatic ring is 1. The second-order valence-electron chi connectivity index (χ2n) is 15.6. The van der Waals surface area contributed by atoms with Crippen molar-refractivity contribution >= 4 is 44.3 Å². The van der Waals surface area contributed by atoms with E-state index in [9.17, 15) is 14.8 Å². The molecule has 2 aliphatic heterocycles. The van der Waals surface area contributed by atoms with E-state index in [1.165, 1.54) is 24.6 Å². The number of imidazole rings is 1. The van der Waals surface area contributed by atoms with Crippen LogP contribution in [-0.4, -0.2) is 67.8 Å². The minimum atomic E-state index is -3.58. The number of rotatable bonds is 16. The number of nitrogens with one attached hydrogen (secondary N) is 1. The van der Waals surface area contributed by atoms with Gasteiger partial charge < -0.3 is 15.6 Å². The number of fused-ring (bicyclic) bond motifs is 2. The fourth-order valence-corrected chi connectivity index (χ4v) is 10.3. The van der Waals surface area contributed by atoms with Crippen LogP contribution in [0.15, 0.2) is 9.95 Å². The maximum absolute atomic E-state index is 12.9. The van der Waals surface area contributed by atoms with Gasteiger partial charge in [-0.05, 0) is 65.6 Å². The third-order valence-corrected chi connectivity index (χ3v) is 15.4. The summed E-state index contributed by atoms with van der Waals surface area (Å²) in [6.07, 6.45) is 0.510. The summed E-state index contributed by atoms with van der Waals surface area (Å²) in [5.74, 6) is 5.39. The van der Waals surface area contributed by atoms with Crippen molar-refractivity contribution < 1.29 is 23.8 Å². The van der Waals surface area contributed by atoms with Gasteiger partial charge in [-0.15, -0.1) is 0 Å². The quantitative estimate of drug-likeness (QED) is 0.0616. The number of ether oxygens (including phenoxy) is 1. The number of aliphatic hydroxyl groups is 1. The second kappa shape index (κ2) is 16.2. The van der Waals surface area contributed by atoms with Crippen molar-refractivity contribution in [3.8, 4) is 0 Å². The Hall–Kier alpha value is -1.21. The summed E-state index contributed by atoms with van der Waals surface area (Å²) in [7, 11) is 2.17. The third kappa shape index (κ3) is 8.39. The Morgan fingerprint density at radius 3 is 2.16 bits per heavy atom. The van der Waals surface area contributed by atoms with Gasteiger partial charge in [-0.1, -0.05) is 101 Å². The zero-order valence-corrected chi connectivity index (χ0v) is 33.3. The molecule has 0 spiro atoms. The van der Waals surface area contributed by atoms with Crippen LogP contribution in [0.4, 0.5) is 5.95 Å². The lowest BCUT2D eigenvalue weighted by Crippen LogP contribution is -2.43. The van der Waals surface area contributed by atoms with Gasteiger partial charge in [0.15, 0.2) is 28.7 Å². The molecule has 2 aromatic rings. The van der Waals surface area contributed by atoms with Gasteiger partial charge in [0.25, 0.3) is 5.56 Å². The van der Waals surface area contributed by atoms with E-state index >= 15 is 0 Å². The maximum atomic E-state index is 12.9. The van der Waals surface area contributed by atoms with E-state index < -0.39 is 37.9 Å². The van der Waals surface area contributed by atoms with Gasteiger partial charge >= 0.3 is 15.4 Å². The molecule has 2 fully saturated rings. The lowest BCUT2D eigenvalue weighted by atomic mass is 9.56. The summed E-state index contributed by atoms with van der Waals surface area (Å²) in [5.41, 5.74) is 5.89. The van der Waals surface area contributed by atoms with Crippen LogP contribution in [0.1, 0.15) is 108 Å². The smallest absolute Gasteiger partial charge is 0.385 e. The molecule has 276 valence electrons. The van der Waals surface area contributed by atoms with E-state index in [0.29, 0.717) is 52.5 Å². The molecule has 2 aromatic heterocycles. The second-order valence-corrected chi connectivity index (χ2v) is 18.3. The Morgan fingerprint density at radius 2 is 1.61 bits per heavy atom. The van der Waals surface area contributed by atoms with Gasteiger partial charge in [0.1, 0.15) is 18.8 Å². The minimum absolute atomic E-state index is 0.0403. The van der Waals surface area contributed by atoms with E-state index in [0.717, 1.165) is 18.6 Å². The van der Waals surface area contributed by atoms with Gasteiger partial charge in [0, 0.05) is 5.75 Å². The fourth-order valence-electron chi connectivity index (χ4n) is 8.27. The summed E-state index contributed by atoms with van der Waals surface area (Å²) in [6.45, 7) is 26.5. The molecule has 2 saturated heterocycles. The first kappa shape index (κ1) is 40.6. The van der Waals surface area contributed by atoms with Crippen LogP contribution < -0.4 is 11.3 Å². The molecule has 4 heterocycles. The molecule has 11 nitrogen and oxygen atoms in total. The molecule has 2 aliphatic rings. The molecular formula is C35H62BN5O6PS+. The molecule has 4 rings (SSSR count). The minimum Gasteiger partial charge on any atom is -0.385 e. The van der Waals surface area contributed by atoms with Crippen LogP contribution in [0.3, 0.4) is 0 Å².